The van der Waals surface area contributed by atoms with Gasteiger partial charge in [-0.3, -0.25) is 4.90 Å². The van der Waals surface area contributed by atoms with Gasteiger partial charge >= 0.3 is 5.97 Å². The Morgan fingerprint density at radius 2 is 2.40 bits per heavy atom. The van der Waals surface area contributed by atoms with Gasteiger partial charge in [-0.15, -0.1) is 11.3 Å². The molecule has 2 rings (SSSR count). The summed E-state index contributed by atoms with van der Waals surface area (Å²) >= 11 is 1.29. The van der Waals surface area contributed by atoms with E-state index < -0.39 is 0 Å². The van der Waals surface area contributed by atoms with Crippen LogP contribution in [0.4, 0.5) is 0 Å². The molecule has 1 saturated heterocycles. The van der Waals surface area contributed by atoms with E-state index in [9.17, 15) is 4.79 Å². The highest BCUT2D eigenvalue weighted by Gasteiger charge is 2.14. The molecule has 15 heavy (non-hydrogen) atoms. The molecule has 0 N–H and O–H groups in total. The first-order chi connectivity index (χ1) is 7.36. The number of aromatic nitrogens is 1. The first-order valence-electron chi connectivity index (χ1n) is 4.73. The number of carbonyl (C=O) groups excluding carboxylic acids is 1. The molecule has 1 aliphatic heterocycles. The van der Waals surface area contributed by atoms with E-state index in [4.69, 9.17) is 9.47 Å². The Balaban J connectivity index is 1.75. The van der Waals surface area contributed by atoms with Crippen molar-refractivity contribution < 1.29 is 14.3 Å². The number of hydrogen-bond acceptors (Lipinski definition) is 6. The first-order valence-corrected chi connectivity index (χ1v) is 5.61. The maximum atomic E-state index is 11.4. The Bertz CT molecular complexity index is 309. The molecule has 0 aliphatic carbocycles. The summed E-state index contributed by atoms with van der Waals surface area (Å²) in [5.41, 5.74) is 0. The van der Waals surface area contributed by atoms with Crippen molar-refractivity contribution in [3.05, 3.63) is 16.6 Å². The molecule has 1 aliphatic rings. The van der Waals surface area contributed by atoms with Crippen molar-refractivity contribution in [2.45, 2.75) is 0 Å². The van der Waals surface area contributed by atoms with E-state index in [1.165, 1.54) is 11.3 Å². The van der Waals surface area contributed by atoms with Crippen LogP contribution < -0.4 is 0 Å². The van der Waals surface area contributed by atoms with Crippen LogP contribution in [0.1, 0.15) is 9.80 Å². The van der Waals surface area contributed by atoms with Crippen LogP contribution in [-0.2, 0) is 9.47 Å². The van der Waals surface area contributed by atoms with Gasteiger partial charge in [-0.05, 0) is 0 Å². The topological polar surface area (TPSA) is 51.7 Å². The van der Waals surface area contributed by atoms with Gasteiger partial charge in [-0.2, -0.15) is 0 Å². The van der Waals surface area contributed by atoms with Gasteiger partial charge in [-0.1, -0.05) is 0 Å². The lowest BCUT2D eigenvalue weighted by atomic mass is 10.5. The van der Waals surface area contributed by atoms with Crippen molar-refractivity contribution in [1.29, 1.82) is 0 Å². The third kappa shape index (κ3) is 2.98. The Labute approximate surface area is 91.6 Å². The quantitative estimate of drug-likeness (QED) is 0.709. The van der Waals surface area contributed by atoms with Crippen LogP contribution in [-0.4, -0.2) is 48.9 Å². The molecule has 1 aromatic heterocycles. The second-order valence-electron chi connectivity index (χ2n) is 3.13. The number of hydrogen-bond donors (Lipinski definition) is 0. The zero-order valence-electron chi connectivity index (χ0n) is 8.22. The largest absolute Gasteiger partial charge is 0.444 e. The number of nitrogens with zero attached hydrogens (tertiary/aromatic N) is 2. The number of carbonyl (C=O) groups is 1. The highest BCUT2D eigenvalue weighted by molar-refractivity contribution is 7.11. The van der Waals surface area contributed by atoms with Crippen LogP contribution in [0.3, 0.4) is 0 Å². The van der Waals surface area contributed by atoms with E-state index in [1.54, 1.807) is 11.6 Å². The fourth-order valence-corrected chi connectivity index (χ4v) is 1.79. The monoisotopic (exact) mass is 228 g/mol. The van der Waals surface area contributed by atoms with Crippen LogP contribution in [0.5, 0.6) is 0 Å². The van der Waals surface area contributed by atoms with Crippen molar-refractivity contribution in [2.75, 3.05) is 33.0 Å². The Morgan fingerprint density at radius 1 is 1.60 bits per heavy atom. The molecule has 0 saturated carbocycles. The molecule has 82 valence electrons. The van der Waals surface area contributed by atoms with Gasteiger partial charge in [0, 0.05) is 24.7 Å². The molecule has 0 bridgehead atoms. The number of ether oxygens (including phenoxy) is 2. The van der Waals surface area contributed by atoms with Crippen LogP contribution in [0.25, 0.3) is 0 Å². The summed E-state index contributed by atoms with van der Waals surface area (Å²) in [4.78, 5) is 17.3. The molecule has 0 radical (unpaired) electrons. The average molecular weight is 228 g/mol. The van der Waals surface area contributed by atoms with Crippen molar-refractivity contribution >= 4 is 17.3 Å². The van der Waals surface area contributed by atoms with Crippen molar-refractivity contribution in [2.24, 2.45) is 0 Å². The summed E-state index contributed by atoms with van der Waals surface area (Å²) < 4.78 is 10.3. The van der Waals surface area contributed by atoms with E-state index in [2.05, 4.69) is 4.98 Å². The molecule has 0 amide bonds. The minimum atomic E-state index is -0.350. The summed E-state index contributed by atoms with van der Waals surface area (Å²) in [6.07, 6.45) is 1.59. The van der Waals surface area contributed by atoms with E-state index in [0.29, 0.717) is 25.0 Å². The van der Waals surface area contributed by atoms with Crippen LogP contribution in [0.2, 0.25) is 0 Å². The van der Waals surface area contributed by atoms with Gasteiger partial charge in [0.2, 0.25) is 5.01 Å². The number of rotatable bonds is 3. The highest BCUT2D eigenvalue weighted by atomic mass is 32.1. The van der Waals surface area contributed by atoms with E-state index >= 15 is 0 Å². The fraction of sp³-hybridized carbons (Fsp3) is 0.556. The van der Waals surface area contributed by atoms with Gasteiger partial charge in [0.15, 0.2) is 0 Å². The molecule has 0 spiro atoms. The third-order valence-corrected chi connectivity index (χ3v) is 2.84. The second-order valence-corrected chi connectivity index (χ2v) is 4.02. The van der Waals surface area contributed by atoms with E-state index in [0.717, 1.165) is 13.1 Å². The third-order valence-electron chi connectivity index (χ3n) is 2.09. The van der Waals surface area contributed by atoms with Crippen molar-refractivity contribution in [3.63, 3.8) is 0 Å². The zero-order valence-corrected chi connectivity index (χ0v) is 9.03. The zero-order chi connectivity index (χ0) is 10.5. The van der Waals surface area contributed by atoms with Gasteiger partial charge in [0.1, 0.15) is 6.73 Å². The molecule has 0 aromatic carbocycles. The van der Waals surface area contributed by atoms with Crippen molar-refractivity contribution in [3.8, 4) is 0 Å². The minimum Gasteiger partial charge on any atom is -0.444 e. The molecule has 0 atom stereocenters. The fourth-order valence-electron chi connectivity index (χ4n) is 1.27. The lowest BCUT2D eigenvalue weighted by molar-refractivity contribution is -0.0209. The number of thiazole rings is 1. The standard InChI is InChI=1S/C9H12N2O3S/c12-9(8-10-1-6-15-8)14-7-11-2-4-13-5-3-11/h1,6H,2-5,7H2. The molecule has 5 nitrogen and oxygen atoms in total. The molecular weight excluding hydrogens is 216 g/mol. The summed E-state index contributed by atoms with van der Waals surface area (Å²) in [6, 6.07) is 0. The second kappa shape index (κ2) is 5.20. The highest BCUT2D eigenvalue weighted by Crippen LogP contribution is 2.06. The summed E-state index contributed by atoms with van der Waals surface area (Å²) in [7, 11) is 0. The van der Waals surface area contributed by atoms with E-state index in [1.807, 2.05) is 4.90 Å². The molecule has 0 unspecified atom stereocenters. The summed E-state index contributed by atoms with van der Waals surface area (Å²) in [5.74, 6) is -0.350. The molecule has 6 heteroatoms. The van der Waals surface area contributed by atoms with Crippen molar-refractivity contribution in [1.82, 2.24) is 9.88 Å². The van der Waals surface area contributed by atoms with Crippen LogP contribution >= 0.6 is 11.3 Å². The lowest BCUT2D eigenvalue weighted by Gasteiger charge is -2.25. The van der Waals surface area contributed by atoms with E-state index in [-0.39, 0.29) is 5.97 Å². The predicted molar refractivity (Wildman–Crippen MR) is 54.8 cm³/mol. The van der Waals surface area contributed by atoms with Gasteiger partial charge in [-0.25, -0.2) is 9.78 Å². The van der Waals surface area contributed by atoms with Gasteiger partial charge in [0.25, 0.3) is 0 Å². The molecular formula is C9H12N2O3S. The minimum absolute atomic E-state index is 0.321. The Kier molecular flexibility index (Phi) is 3.65. The van der Waals surface area contributed by atoms with Crippen LogP contribution in [0, 0.1) is 0 Å². The average Bonchev–Trinajstić information content (AvgIpc) is 2.81. The number of esters is 1. The predicted octanol–water partition coefficient (Wildman–Crippen LogP) is 0.590. The normalized spacial score (nSPS) is 17.6. The SMILES string of the molecule is O=C(OCN1CCOCC1)c1nccs1. The number of morpholine rings is 1. The first kappa shape index (κ1) is 10.5. The molecule has 1 aromatic rings. The summed E-state index contributed by atoms with van der Waals surface area (Å²) in [6.45, 7) is 3.35. The summed E-state index contributed by atoms with van der Waals surface area (Å²) in [5, 5.41) is 2.16. The Hall–Kier alpha value is -0.980. The lowest BCUT2D eigenvalue weighted by Crippen LogP contribution is -2.38. The van der Waals surface area contributed by atoms with Gasteiger partial charge in [0.05, 0.1) is 13.2 Å². The smallest absolute Gasteiger partial charge is 0.368 e. The Morgan fingerprint density at radius 3 is 3.07 bits per heavy atom. The molecule has 2 heterocycles. The van der Waals surface area contributed by atoms with Gasteiger partial charge < -0.3 is 9.47 Å². The maximum absolute atomic E-state index is 11.4. The molecule has 1 fully saturated rings. The van der Waals surface area contributed by atoms with Crippen LogP contribution in [0.15, 0.2) is 11.6 Å². The maximum Gasteiger partial charge on any atom is 0.368 e.